The average molecular weight is 248 g/mol. The molecule has 1 amide bonds. The molecule has 0 bridgehead atoms. The molecule has 4 heteroatoms. The van der Waals surface area contributed by atoms with Crippen LogP contribution in [0.4, 0.5) is 0 Å². The maximum Gasteiger partial charge on any atom is 0.265 e. The molecular weight excluding hydrogens is 228 g/mol. The quantitative estimate of drug-likeness (QED) is 0.801. The minimum absolute atomic E-state index is 0.152. The number of nitrogens with one attached hydrogen (secondary N) is 1. The Morgan fingerprint density at radius 3 is 2.56 bits per heavy atom. The molecule has 1 atom stereocenters. The highest BCUT2D eigenvalue weighted by molar-refractivity contribution is 5.81. The van der Waals surface area contributed by atoms with Gasteiger partial charge in [-0.3, -0.25) is 9.63 Å². The Labute approximate surface area is 107 Å². The van der Waals surface area contributed by atoms with Gasteiger partial charge in [-0.2, -0.15) is 0 Å². The predicted octanol–water partition coefficient (Wildman–Crippen LogP) is 1.99. The number of benzene rings is 1. The van der Waals surface area contributed by atoms with Crippen LogP contribution < -0.4 is 11.2 Å². The van der Waals surface area contributed by atoms with Crippen molar-refractivity contribution in [2.45, 2.75) is 44.8 Å². The minimum atomic E-state index is -0.674. The summed E-state index contributed by atoms with van der Waals surface area (Å²) in [7, 11) is 0. The first kappa shape index (κ1) is 13.1. The standard InChI is InChI=1S/C14H20N2O2/c1-10-6-8-11(9-7-10)13(15)14(17)16-18-12-4-2-3-5-12/h6-9,12-13H,2-5,15H2,1H3,(H,16,17). The van der Waals surface area contributed by atoms with Gasteiger partial charge in [0.2, 0.25) is 0 Å². The van der Waals surface area contributed by atoms with Crippen LogP contribution in [0.15, 0.2) is 24.3 Å². The van der Waals surface area contributed by atoms with Crippen LogP contribution in [0.25, 0.3) is 0 Å². The summed E-state index contributed by atoms with van der Waals surface area (Å²) in [5, 5.41) is 0. The van der Waals surface area contributed by atoms with E-state index in [0.717, 1.165) is 24.0 Å². The minimum Gasteiger partial charge on any atom is -0.316 e. The number of hydrogen-bond donors (Lipinski definition) is 2. The molecule has 0 heterocycles. The van der Waals surface area contributed by atoms with Crippen molar-refractivity contribution in [3.63, 3.8) is 0 Å². The van der Waals surface area contributed by atoms with Crippen LogP contribution in [0.1, 0.15) is 42.9 Å². The molecule has 3 N–H and O–H groups in total. The third-order valence-corrected chi connectivity index (χ3v) is 3.35. The van der Waals surface area contributed by atoms with Gasteiger partial charge in [0.15, 0.2) is 0 Å². The maximum absolute atomic E-state index is 11.8. The highest BCUT2D eigenvalue weighted by Gasteiger charge is 2.20. The van der Waals surface area contributed by atoms with E-state index in [1.807, 2.05) is 31.2 Å². The molecule has 18 heavy (non-hydrogen) atoms. The Balaban J connectivity index is 1.85. The first-order valence-electron chi connectivity index (χ1n) is 6.44. The van der Waals surface area contributed by atoms with E-state index < -0.39 is 6.04 Å². The molecular formula is C14H20N2O2. The second-order valence-corrected chi connectivity index (χ2v) is 4.88. The van der Waals surface area contributed by atoms with Crippen molar-refractivity contribution in [1.82, 2.24) is 5.48 Å². The normalized spacial score (nSPS) is 17.7. The van der Waals surface area contributed by atoms with Crippen molar-refractivity contribution in [3.05, 3.63) is 35.4 Å². The summed E-state index contributed by atoms with van der Waals surface area (Å²) in [4.78, 5) is 17.2. The average Bonchev–Trinajstić information content (AvgIpc) is 2.89. The zero-order valence-electron chi connectivity index (χ0n) is 10.7. The van der Waals surface area contributed by atoms with Gasteiger partial charge >= 0.3 is 0 Å². The van der Waals surface area contributed by atoms with Gasteiger partial charge in [-0.05, 0) is 25.3 Å². The molecule has 1 aliphatic carbocycles. The predicted molar refractivity (Wildman–Crippen MR) is 69.6 cm³/mol. The molecule has 1 aromatic carbocycles. The summed E-state index contributed by atoms with van der Waals surface area (Å²) in [5.41, 5.74) is 10.3. The van der Waals surface area contributed by atoms with Gasteiger partial charge in [0.25, 0.3) is 5.91 Å². The molecule has 0 aliphatic heterocycles. The number of rotatable bonds is 4. The lowest BCUT2D eigenvalue weighted by Gasteiger charge is -2.15. The van der Waals surface area contributed by atoms with Crippen molar-refractivity contribution < 1.29 is 9.63 Å². The molecule has 1 saturated carbocycles. The summed E-state index contributed by atoms with van der Waals surface area (Å²) in [5.74, 6) is -0.286. The Bertz CT molecular complexity index is 397. The molecule has 4 nitrogen and oxygen atoms in total. The summed E-state index contributed by atoms with van der Waals surface area (Å²) >= 11 is 0. The Morgan fingerprint density at radius 1 is 1.33 bits per heavy atom. The zero-order chi connectivity index (χ0) is 13.0. The largest absolute Gasteiger partial charge is 0.316 e. The van der Waals surface area contributed by atoms with Gasteiger partial charge in [-0.1, -0.05) is 42.7 Å². The van der Waals surface area contributed by atoms with Crippen molar-refractivity contribution >= 4 is 5.91 Å². The fraction of sp³-hybridized carbons (Fsp3) is 0.500. The monoisotopic (exact) mass is 248 g/mol. The van der Waals surface area contributed by atoms with Gasteiger partial charge in [-0.25, -0.2) is 5.48 Å². The number of carbonyl (C=O) groups is 1. The molecule has 0 aromatic heterocycles. The summed E-state index contributed by atoms with van der Waals surface area (Å²) in [6, 6.07) is 6.96. The molecule has 0 spiro atoms. The molecule has 98 valence electrons. The maximum atomic E-state index is 11.8. The van der Waals surface area contributed by atoms with Crippen LogP contribution in [0.2, 0.25) is 0 Å². The van der Waals surface area contributed by atoms with Crippen LogP contribution in [0, 0.1) is 6.92 Å². The second kappa shape index (κ2) is 5.98. The van der Waals surface area contributed by atoms with E-state index in [4.69, 9.17) is 10.6 Å². The smallest absolute Gasteiger partial charge is 0.265 e. The lowest BCUT2D eigenvalue weighted by molar-refractivity contribution is -0.139. The first-order valence-corrected chi connectivity index (χ1v) is 6.44. The number of nitrogens with two attached hydrogens (primary N) is 1. The highest BCUT2D eigenvalue weighted by atomic mass is 16.7. The SMILES string of the molecule is Cc1ccc(C(N)C(=O)NOC2CCCC2)cc1. The van der Waals surface area contributed by atoms with Gasteiger partial charge in [0, 0.05) is 0 Å². The Hall–Kier alpha value is -1.39. The van der Waals surface area contributed by atoms with E-state index >= 15 is 0 Å². The van der Waals surface area contributed by atoms with Crippen molar-refractivity contribution in [2.75, 3.05) is 0 Å². The van der Waals surface area contributed by atoms with Crippen LogP contribution in [-0.2, 0) is 9.63 Å². The van der Waals surface area contributed by atoms with E-state index in [9.17, 15) is 4.79 Å². The number of hydroxylamine groups is 1. The third kappa shape index (κ3) is 3.31. The lowest BCUT2D eigenvalue weighted by atomic mass is 10.1. The van der Waals surface area contributed by atoms with Gasteiger partial charge in [0.05, 0.1) is 6.10 Å². The number of aryl methyl sites for hydroxylation is 1. The fourth-order valence-electron chi connectivity index (χ4n) is 2.14. The van der Waals surface area contributed by atoms with E-state index in [2.05, 4.69) is 5.48 Å². The number of hydrogen-bond acceptors (Lipinski definition) is 3. The van der Waals surface area contributed by atoms with Crippen molar-refractivity contribution in [3.8, 4) is 0 Å². The number of amides is 1. The highest BCUT2D eigenvalue weighted by Crippen LogP contribution is 2.20. The van der Waals surface area contributed by atoms with Crippen molar-refractivity contribution in [1.29, 1.82) is 0 Å². The molecule has 1 aromatic rings. The van der Waals surface area contributed by atoms with Crippen LogP contribution in [0.5, 0.6) is 0 Å². The molecule has 1 unspecified atom stereocenters. The van der Waals surface area contributed by atoms with Crippen LogP contribution in [0.3, 0.4) is 0 Å². The van der Waals surface area contributed by atoms with E-state index in [1.165, 1.54) is 12.8 Å². The van der Waals surface area contributed by atoms with Gasteiger partial charge in [0.1, 0.15) is 6.04 Å². The third-order valence-electron chi connectivity index (χ3n) is 3.35. The number of carbonyl (C=O) groups excluding carboxylic acids is 1. The Kier molecular flexibility index (Phi) is 4.33. The topological polar surface area (TPSA) is 64.4 Å². The second-order valence-electron chi connectivity index (χ2n) is 4.88. The summed E-state index contributed by atoms with van der Waals surface area (Å²) in [6.45, 7) is 2.00. The fourth-order valence-corrected chi connectivity index (χ4v) is 2.14. The first-order chi connectivity index (χ1) is 8.66. The van der Waals surface area contributed by atoms with E-state index in [0.29, 0.717) is 0 Å². The van der Waals surface area contributed by atoms with Crippen LogP contribution >= 0.6 is 0 Å². The van der Waals surface area contributed by atoms with Crippen LogP contribution in [-0.4, -0.2) is 12.0 Å². The molecule has 0 radical (unpaired) electrons. The molecule has 2 rings (SSSR count). The zero-order valence-corrected chi connectivity index (χ0v) is 10.7. The summed E-state index contributed by atoms with van der Waals surface area (Å²) < 4.78 is 0. The van der Waals surface area contributed by atoms with Crippen molar-refractivity contribution in [2.24, 2.45) is 5.73 Å². The molecule has 1 aliphatic rings. The van der Waals surface area contributed by atoms with Gasteiger partial charge < -0.3 is 5.73 Å². The van der Waals surface area contributed by atoms with Gasteiger partial charge in [-0.15, -0.1) is 0 Å². The molecule has 0 saturated heterocycles. The van der Waals surface area contributed by atoms with E-state index in [-0.39, 0.29) is 12.0 Å². The lowest BCUT2D eigenvalue weighted by Crippen LogP contribution is -2.36. The summed E-state index contributed by atoms with van der Waals surface area (Å²) in [6.07, 6.45) is 4.52. The molecule has 1 fully saturated rings. The Morgan fingerprint density at radius 2 is 1.94 bits per heavy atom. The van der Waals surface area contributed by atoms with E-state index in [1.54, 1.807) is 0 Å².